The van der Waals surface area contributed by atoms with Crippen LogP contribution in [-0.4, -0.2) is 55.5 Å². The summed E-state index contributed by atoms with van der Waals surface area (Å²) in [6.07, 6.45) is 40.8. The Morgan fingerprint density at radius 2 is 0.400 bits per heavy atom. The molecule has 0 heterocycles. The highest BCUT2D eigenvalue weighted by atomic mass is 31.1. The molecule has 0 saturated carbocycles. The Morgan fingerprint density at radius 3 is 0.571 bits per heavy atom. The summed E-state index contributed by atoms with van der Waals surface area (Å²) < 4.78 is 0. The van der Waals surface area contributed by atoms with Crippen molar-refractivity contribution in [2.45, 2.75) is 150 Å². The molecule has 0 unspecified atom stereocenters. The van der Waals surface area contributed by atoms with Crippen molar-refractivity contribution in [2.24, 2.45) is 0 Å². The largest absolute Gasteiger partial charge is 0.107 e. The number of unbranched alkanes of at least 4 members (excludes halogenated alkanes) is 11. The molecule has 0 atom stereocenters. The maximum atomic E-state index is 2.39. The predicted molar refractivity (Wildman–Crippen MR) is 176 cm³/mol. The van der Waals surface area contributed by atoms with Crippen molar-refractivity contribution >= 4 is 23.8 Å². The normalized spacial score (nSPS) is 12.0. The van der Waals surface area contributed by atoms with Crippen LogP contribution >= 0.6 is 23.8 Å². The molecule has 0 aromatic rings. The number of rotatable bonds is 29. The van der Waals surface area contributed by atoms with E-state index >= 15 is 0 Å². The average molecular weight is 547 g/mol. The van der Waals surface area contributed by atoms with Gasteiger partial charge in [0, 0.05) is 0 Å². The molecule has 0 amide bonds. The molecular formula is C32H69P3. The molecule has 0 bridgehead atoms. The van der Waals surface area contributed by atoms with Crippen LogP contribution in [0.3, 0.4) is 0 Å². The van der Waals surface area contributed by atoms with Crippen molar-refractivity contribution in [3.63, 3.8) is 0 Å². The van der Waals surface area contributed by atoms with Crippen LogP contribution in [0.1, 0.15) is 150 Å². The second-order valence-corrected chi connectivity index (χ2v) is 19.2. The highest BCUT2D eigenvalue weighted by molar-refractivity contribution is 7.58. The standard InChI is InChI=1S/C32H69P3/c1-6-11-24-33(25-12-7-2)29-20-16-18-22-31-35(28-15-10-5)32-23-19-17-21-30-34(26-13-8-3)27-14-9-4/h6-32H2,1-5H3. The topological polar surface area (TPSA) is 0 Å². The Morgan fingerprint density at radius 1 is 0.229 bits per heavy atom. The smallest absolute Gasteiger partial charge is 0.0326 e. The molecular weight excluding hydrogens is 477 g/mol. The van der Waals surface area contributed by atoms with E-state index in [2.05, 4.69) is 34.6 Å². The average Bonchev–Trinajstić information content (AvgIpc) is 2.88. The van der Waals surface area contributed by atoms with E-state index < -0.39 is 0 Å². The summed E-state index contributed by atoms with van der Waals surface area (Å²) in [5.74, 6) is 0. The van der Waals surface area contributed by atoms with Crippen molar-refractivity contribution in [3.05, 3.63) is 0 Å². The number of hydrogen-bond donors (Lipinski definition) is 0. The first-order valence-electron chi connectivity index (χ1n) is 16.4. The van der Waals surface area contributed by atoms with Crippen LogP contribution in [0.15, 0.2) is 0 Å². The summed E-state index contributed by atoms with van der Waals surface area (Å²) in [6, 6.07) is 0. The molecule has 0 aromatic heterocycles. The van der Waals surface area contributed by atoms with Gasteiger partial charge in [0.05, 0.1) is 0 Å². The van der Waals surface area contributed by atoms with Gasteiger partial charge in [0.2, 0.25) is 0 Å². The third kappa shape index (κ3) is 25.3. The van der Waals surface area contributed by atoms with Crippen LogP contribution in [0.5, 0.6) is 0 Å². The van der Waals surface area contributed by atoms with Gasteiger partial charge < -0.3 is 0 Å². The maximum absolute atomic E-state index is 2.39. The van der Waals surface area contributed by atoms with Gasteiger partial charge in [-0.25, -0.2) is 0 Å². The summed E-state index contributed by atoms with van der Waals surface area (Å²) in [4.78, 5) is 0. The van der Waals surface area contributed by atoms with E-state index in [4.69, 9.17) is 0 Å². The molecule has 212 valence electrons. The molecule has 3 heteroatoms. The summed E-state index contributed by atoms with van der Waals surface area (Å²) in [5, 5.41) is 0. The zero-order valence-electron chi connectivity index (χ0n) is 25.4. The molecule has 0 spiro atoms. The fraction of sp³-hybridized carbons (Fsp3) is 1.00. The van der Waals surface area contributed by atoms with E-state index in [0.29, 0.717) is 23.8 Å². The van der Waals surface area contributed by atoms with Crippen molar-refractivity contribution in [1.29, 1.82) is 0 Å². The molecule has 35 heavy (non-hydrogen) atoms. The van der Waals surface area contributed by atoms with E-state index in [1.54, 1.807) is 55.5 Å². The van der Waals surface area contributed by atoms with Gasteiger partial charge in [-0.1, -0.05) is 92.4 Å². The second kappa shape index (κ2) is 29.8. The quantitative estimate of drug-likeness (QED) is 0.0646. The lowest BCUT2D eigenvalue weighted by molar-refractivity contribution is 0.695. The fourth-order valence-electron chi connectivity index (χ4n) is 4.96. The molecule has 0 rings (SSSR count). The Bertz CT molecular complexity index is 339. The monoisotopic (exact) mass is 546 g/mol. The first-order valence-corrected chi connectivity index (χ1v) is 22.1. The predicted octanol–water partition coefficient (Wildman–Crippen LogP) is 12.6. The van der Waals surface area contributed by atoms with Crippen LogP contribution in [0.2, 0.25) is 0 Å². The first-order chi connectivity index (χ1) is 17.2. The molecule has 0 nitrogen and oxygen atoms in total. The Balaban J connectivity index is 3.99. The Labute approximate surface area is 229 Å². The van der Waals surface area contributed by atoms with E-state index in [1.807, 2.05) is 0 Å². The minimum Gasteiger partial charge on any atom is -0.107 e. The summed E-state index contributed by atoms with van der Waals surface area (Å²) in [7, 11) is 1.08. The summed E-state index contributed by atoms with van der Waals surface area (Å²) >= 11 is 0. The van der Waals surface area contributed by atoms with Gasteiger partial charge in [-0.15, -0.1) is 23.8 Å². The minimum atomic E-state index is 0.343. The van der Waals surface area contributed by atoms with E-state index in [9.17, 15) is 0 Å². The van der Waals surface area contributed by atoms with Gasteiger partial charge >= 0.3 is 0 Å². The zero-order chi connectivity index (χ0) is 25.8. The van der Waals surface area contributed by atoms with E-state index in [0.717, 1.165) is 0 Å². The van der Waals surface area contributed by atoms with Gasteiger partial charge in [-0.2, -0.15) is 0 Å². The van der Waals surface area contributed by atoms with Gasteiger partial charge in [0.25, 0.3) is 0 Å². The van der Waals surface area contributed by atoms with Gasteiger partial charge in [-0.05, 0) is 113 Å². The van der Waals surface area contributed by atoms with E-state index in [-0.39, 0.29) is 0 Å². The minimum absolute atomic E-state index is 0.343. The van der Waals surface area contributed by atoms with Crippen LogP contribution in [0, 0.1) is 0 Å². The second-order valence-electron chi connectivity index (χ2n) is 11.1. The van der Waals surface area contributed by atoms with Crippen LogP contribution < -0.4 is 0 Å². The van der Waals surface area contributed by atoms with Crippen molar-refractivity contribution in [2.75, 3.05) is 55.5 Å². The number of hydrogen-bond acceptors (Lipinski definition) is 0. The SMILES string of the molecule is CCCCP(CCCC)CCCCCCP(CCCC)CCCCCCP(CCCC)CCCC. The summed E-state index contributed by atoms with van der Waals surface area (Å²) in [6.45, 7) is 11.8. The highest BCUT2D eigenvalue weighted by Gasteiger charge is 2.10. The zero-order valence-corrected chi connectivity index (χ0v) is 28.1. The van der Waals surface area contributed by atoms with Crippen molar-refractivity contribution in [1.82, 2.24) is 0 Å². The fourth-order valence-corrected chi connectivity index (χ4v) is 13.5. The molecule has 0 fully saturated rings. The lowest BCUT2D eigenvalue weighted by atomic mass is 10.2. The molecule has 0 aromatic carbocycles. The van der Waals surface area contributed by atoms with Gasteiger partial charge in [0.1, 0.15) is 0 Å². The Hall–Kier alpha value is 1.29. The third-order valence-electron chi connectivity index (χ3n) is 7.54. The molecule has 0 saturated heterocycles. The molecule has 0 aliphatic heterocycles. The Kier molecular flexibility index (Phi) is 30.9. The van der Waals surface area contributed by atoms with Gasteiger partial charge in [-0.3, -0.25) is 0 Å². The van der Waals surface area contributed by atoms with Crippen LogP contribution in [-0.2, 0) is 0 Å². The van der Waals surface area contributed by atoms with Crippen LogP contribution in [0.4, 0.5) is 0 Å². The molecule has 0 aliphatic rings. The molecule has 0 N–H and O–H groups in total. The third-order valence-corrected chi connectivity index (χ3v) is 16.1. The molecule has 0 aliphatic carbocycles. The lowest BCUT2D eigenvalue weighted by Gasteiger charge is -2.19. The van der Waals surface area contributed by atoms with Crippen LogP contribution in [0.25, 0.3) is 0 Å². The van der Waals surface area contributed by atoms with Crippen molar-refractivity contribution in [3.8, 4) is 0 Å². The first kappa shape index (κ1) is 36.3. The van der Waals surface area contributed by atoms with Gasteiger partial charge in [0.15, 0.2) is 0 Å². The van der Waals surface area contributed by atoms with Crippen molar-refractivity contribution < 1.29 is 0 Å². The van der Waals surface area contributed by atoms with E-state index in [1.165, 1.54) is 116 Å². The molecule has 0 radical (unpaired) electrons. The summed E-state index contributed by atoms with van der Waals surface area (Å²) in [5.41, 5.74) is 0. The maximum Gasteiger partial charge on any atom is -0.0326 e. The highest BCUT2D eigenvalue weighted by Crippen LogP contribution is 2.41. The lowest BCUT2D eigenvalue weighted by Crippen LogP contribution is -1.99.